The van der Waals surface area contributed by atoms with Crippen LogP contribution in [0.4, 0.5) is 10.5 Å². The van der Waals surface area contributed by atoms with Gasteiger partial charge in [-0.05, 0) is 66.1 Å². The summed E-state index contributed by atoms with van der Waals surface area (Å²) in [7, 11) is 0. The smallest absolute Gasteiger partial charge is 0.294 e. The molecule has 0 radical (unpaired) electrons. The molecule has 2 aliphatic rings. The van der Waals surface area contributed by atoms with Crippen molar-refractivity contribution in [2.24, 2.45) is 0 Å². The second-order valence-electron chi connectivity index (χ2n) is 9.00. The van der Waals surface area contributed by atoms with E-state index in [0.717, 1.165) is 39.1 Å². The van der Waals surface area contributed by atoms with Crippen LogP contribution < -0.4 is 0 Å². The van der Waals surface area contributed by atoms with Gasteiger partial charge >= 0.3 is 0 Å². The molecule has 5 rings (SSSR count). The van der Waals surface area contributed by atoms with Gasteiger partial charge < -0.3 is 4.90 Å². The average molecular weight is 546 g/mol. The van der Waals surface area contributed by atoms with Crippen molar-refractivity contribution in [2.75, 3.05) is 13.1 Å². The summed E-state index contributed by atoms with van der Waals surface area (Å²) in [5.41, 5.74) is 3.68. The molecule has 3 amide bonds. The van der Waals surface area contributed by atoms with Crippen LogP contribution in [0.5, 0.6) is 0 Å². The Hall–Kier alpha value is -3.89. The third-order valence-electron chi connectivity index (χ3n) is 6.38. The van der Waals surface area contributed by atoms with E-state index in [9.17, 15) is 24.5 Å². The van der Waals surface area contributed by atoms with Crippen molar-refractivity contribution in [3.8, 4) is 0 Å². The van der Waals surface area contributed by atoms with Crippen LogP contribution in [0.2, 0.25) is 0 Å². The van der Waals surface area contributed by atoms with E-state index >= 15 is 0 Å². The van der Waals surface area contributed by atoms with E-state index in [4.69, 9.17) is 0 Å². The lowest BCUT2D eigenvalue weighted by molar-refractivity contribution is -0.387. The molecule has 0 atom stereocenters. The zero-order chi connectivity index (χ0) is 26.8. The molecule has 0 bridgehead atoms. The van der Waals surface area contributed by atoms with Gasteiger partial charge in [0.15, 0.2) is 0 Å². The number of hydrogen-bond acceptors (Lipinski definition) is 7. The third-order valence-corrected chi connectivity index (χ3v) is 8.36. The molecule has 0 aliphatic carbocycles. The molecular weight excluding hydrogens is 522 g/mol. The van der Waals surface area contributed by atoms with E-state index in [2.05, 4.69) is 0 Å². The van der Waals surface area contributed by atoms with Crippen LogP contribution in [0, 0.1) is 17.0 Å². The van der Waals surface area contributed by atoms with Gasteiger partial charge in [0.2, 0.25) is 5.91 Å². The van der Waals surface area contributed by atoms with Gasteiger partial charge in [-0.15, -0.1) is 0 Å². The molecule has 1 saturated heterocycles. The van der Waals surface area contributed by atoms with Crippen molar-refractivity contribution in [2.45, 2.75) is 29.7 Å². The molecule has 0 aromatic heterocycles. The van der Waals surface area contributed by atoms with Crippen molar-refractivity contribution >= 4 is 52.3 Å². The highest BCUT2D eigenvalue weighted by atomic mass is 32.2. The van der Waals surface area contributed by atoms with Gasteiger partial charge in [0.1, 0.15) is 6.54 Å². The summed E-state index contributed by atoms with van der Waals surface area (Å²) in [5.74, 6) is -0.873. The zero-order valence-corrected chi connectivity index (χ0v) is 22.1. The maximum Gasteiger partial charge on any atom is 0.294 e. The molecule has 10 heteroatoms. The Balaban J connectivity index is 1.30. The summed E-state index contributed by atoms with van der Waals surface area (Å²) in [4.78, 5) is 53.9. The fourth-order valence-corrected chi connectivity index (χ4v) is 6.06. The van der Waals surface area contributed by atoms with Crippen LogP contribution >= 0.6 is 23.5 Å². The van der Waals surface area contributed by atoms with Crippen LogP contribution in [0.15, 0.2) is 81.4 Å². The number of carbonyl (C=O) groups is 3. The fourth-order valence-electron chi connectivity index (χ4n) is 4.32. The number of fused-ring (bicyclic) bond motifs is 1. The van der Waals surface area contributed by atoms with Crippen molar-refractivity contribution in [1.29, 1.82) is 0 Å². The van der Waals surface area contributed by atoms with Crippen LogP contribution in [-0.2, 0) is 22.6 Å². The first-order valence-corrected chi connectivity index (χ1v) is 13.5. The topological polar surface area (TPSA) is 101 Å². The predicted molar refractivity (Wildman–Crippen MR) is 147 cm³/mol. The van der Waals surface area contributed by atoms with Gasteiger partial charge in [-0.2, -0.15) is 0 Å². The molecule has 0 saturated carbocycles. The number of hydrogen-bond donors (Lipinski definition) is 0. The molecule has 3 aromatic rings. The van der Waals surface area contributed by atoms with Gasteiger partial charge in [-0.3, -0.25) is 29.4 Å². The monoisotopic (exact) mass is 545 g/mol. The molecule has 2 aliphatic heterocycles. The molecular formula is C28H23N3O5S2. The molecule has 0 spiro atoms. The number of carbonyl (C=O) groups excluding carboxylic acids is 3. The lowest BCUT2D eigenvalue weighted by Gasteiger charge is -2.29. The molecule has 1 fully saturated rings. The van der Waals surface area contributed by atoms with E-state index in [-0.39, 0.29) is 23.0 Å². The minimum atomic E-state index is -0.577. The number of nitro groups is 1. The number of benzene rings is 3. The van der Waals surface area contributed by atoms with Crippen molar-refractivity contribution in [3.63, 3.8) is 0 Å². The Bertz CT molecular complexity index is 1490. The predicted octanol–water partition coefficient (Wildman–Crippen LogP) is 5.68. The Kier molecular flexibility index (Phi) is 7.35. The first kappa shape index (κ1) is 25.7. The Morgan fingerprint density at radius 3 is 2.55 bits per heavy atom. The highest BCUT2D eigenvalue weighted by molar-refractivity contribution is 8.18. The number of rotatable bonds is 6. The normalized spacial score (nSPS) is 16.2. The highest BCUT2D eigenvalue weighted by Gasteiger charge is 2.37. The minimum Gasteiger partial charge on any atom is -0.336 e. The Labute approximate surface area is 227 Å². The minimum absolute atomic E-state index is 0.0934. The van der Waals surface area contributed by atoms with E-state index in [1.54, 1.807) is 17.0 Å². The number of aryl methyl sites for hydroxylation is 1. The zero-order valence-electron chi connectivity index (χ0n) is 20.5. The van der Waals surface area contributed by atoms with E-state index in [1.165, 1.54) is 29.5 Å². The molecule has 2 heterocycles. The van der Waals surface area contributed by atoms with Crippen LogP contribution in [0.25, 0.3) is 6.08 Å². The lowest BCUT2D eigenvalue weighted by Crippen LogP contribution is -2.44. The fraction of sp³-hybridized carbons (Fsp3) is 0.179. The molecule has 3 aromatic carbocycles. The number of amides is 3. The van der Waals surface area contributed by atoms with Crippen molar-refractivity contribution in [3.05, 3.63) is 104 Å². The third kappa shape index (κ3) is 5.51. The average Bonchev–Trinajstić information content (AvgIpc) is 3.17. The summed E-state index contributed by atoms with van der Waals surface area (Å²) in [6.45, 7) is 2.60. The largest absolute Gasteiger partial charge is 0.336 e. The number of nitro benzene ring substituents is 1. The van der Waals surface area contributed by atoms with Crippen molar-refractivity contribution < 1.29 is 19.3 Å². The second kappa shape index (κ2) is 10.8. The summed E-state index contributed by atoms with van der Waals surface area (Å²) in [6.07, 6.45) is 2.18. The number of nitrogens with zero attached hydrogens (tertiary/aromatic N) is 3. The van der Waals surface area contributed by atoms with Gasteiger partial charge in [0.25, 0.3) is 16.8 Å². The van der Waals surface area contributed by atoms with E-state index < -0.39 is 16.1 Å². The summed E-state index contributed by atoms with van der Waals surface area (Å²) in [5, 5.41) is 11.2. The molecule has 0 unspecified atom stereocenters. The summed E-state index contributed by atoms with van der Waals surface area (Å²) < 4.78 is 0. The van der Waals surface area contributed by atoms with E-state index in [1.807, 2.05) is 55.5 Å². The molecule has 38 heavy (non-hydrogen) atoms. The highest BCUT2D eigenvalue weighted by Crippen LogP contribution is 2.37. The maximum absolute atomic E-state index is 13.0. The Morgan fingerprint density at radius 2 is 1.82 bits per heavy atom. The van der Waals surface area contributed by atoms with E-state index in [0.29, 0.717) is 23.5 Å². The Morgan fingerprint density at radius 1 is 1.08 bits per heavy atom. The first-order valence-electron chi connectivity index (χ1n) is 11.9. The van der Waals surface area contributed by atoms with Crippen LogP contribution in [-0.4, -0.2) is 44.9 Å². The first-order chi connectivity index (χ1) is 18.3. The summed E-state index contributed by atoms with van der Waals surface area (Å²) in [6, 6.07) is 20.3. The number of thioether (sulfide) groups is 1. The summed E-state index contributed by atoms with van der Waals surface area (Å²) >= 11 is 2.01. The second-order valence-corrected chi connectivity index (χ2v) is 11.1. The number of imide groups is 1. The standard InChI is InChI=1S/C28H23N3O5S2/c1-18-6-9-22(10-7-18)37-24-11-8-19(14-23(24)31(35)36)15-25-27(33)30(28(34)38-25)17-26(32)29-13-12-20-4-2-3-5-21(20)16-29/h2-11,14-15H,12-13,16-17H2,1H3. The van der Waals surface area contributed by atoms with Crippen LogP contribution in [0.3, 0.4) is 0 Å². The van der Waals surface area contributed by atoms with Crippen LogP contribution in [0.1, 0.15) is 22.3 Å². The molecule has 0 N–H and O–H groups in total. The quantitative estimate of drug-likeness (QED) is 0.223. The van der Waals surface area contributed by atoms with Gasteiger partial charge in [-0.1, -0.05) is 59.8 Å². The molecule has 192 valence electrons. The molecule has 8 nitrogen and oxygen atoms in total. The lowest BCUT2D eigenvalue weighted by atomic mass is 10.00. The van der Waals surface area contributed by atoms with Gasteiger partial charge in [0, 0.05) is 24.1 Å². The van der Waals surface area contributed by atoms with Crippen molar-refractivity contribution in [1.82, 2.24) is 9.80 Å². The van der Waals surface area contributed by atoms with Gasteiger partial charge in [0.05, 0.1) is 14.7 Å². The SMILES string of the molecule is Cc1ccc(Sc2ccc(C=C3SC(=O)N(CC(=O)N4CCc5ccccc5C4)C3=O)cc2[N+](=O)[O-])cc1. The maximum atomic E-state index is 13.0. The van der Waals surface area contributed by atoms with Gasteiger partial charge in [-0.25, -0.2) is 0 Å².